The zero-order chi connectivity index (χ0) is 21.1. The molecule has 1 fully saturated rings. The van der Waals surface area contributed by atoms with Gasteiger partial charge in [-0.15, -0.1) is 0 Å². The van der Waals surface area contributed by atoms with Gasteiger partial charge in [0.2, 0.25) is 0 Å². The molecule has 3 atom stereocenters. The summed E-state index contributed by atoms with van der Waals surface area (Å²) in [5.74, 6) is -0.732. The van der Waals surface area contributed by atoms with Gasteiger partial charge in [0.15, 0.2) is 18.0 Å². The highest BCUT2D eigenvalue weighted by Gasteiger charge is 2.54. The van der Waals surface area contributed by atoms with Crippen molar-refractivity contribution in [3.8, 4) is 0 Å². The number of aliphatic hydroxyl groups is 1. The van der Waals surface area contributed by atoms with Gasteiger partial charge in [0.1, 0.15) is 11.4 Å². The molecule has 28 heavy (non-hydrogen) atoms. The van der Waals surface area contributed by atoms with Crippen molar-refractivity contribution >= 4 is 17.8 Å². The van der Waals surface area contributed by atoms with E-state index in [1.165, 1.54) is 19.3 Å². The van der Waals surface area contributed by atoms with E-state index in [1.807, 2.05) is 13.8 Å². The molecule has 8 heteroatoms. The number of imide groups is 1. The third-order valence-corrected chi connectivity index (χ3v) is 4.84. The largest absolute Gasteiger partial charge is 0.479 e. The van der Waals surface area contributed by atoms with E-state index in [0.29, 0.717) is 18.6 Å². The average Bonchev–Trinajstić information content (AvgIpc) is 2.86. The van der Waals surface area contributed by atoms with Gasteiger partial charge in [-0.25, -0.2) is 9.69 Å². The first-order chi connectivity index (χ1) is 13.1. The first-order valence-corrected chi connectivity index (χ1v) is 9.42. The van der Waals surface area contributed by atoms with Crippen LogP contribution in [0.15, 0.2) is 24.0 Å². The third-order valence-electron chi connectivity index (χ3n) is 4.84. The van der Waals surface area contributed by atoms with Crippen molar-refractivity contribution in [2.45, 2.75) is 64.4 Å². The fraction of sp³-hybridized carbons (Fsp3) is 0.650. The summed E-state index contributed by atoms with van der Waals surface area (Å²) in [5.41, 5.74) is -0.855. The van der Waals surface area contributed by atoms with Crippen LogP contribution in [-0.4, -0.2) is 65.4 Å². The van der Waals surface area contributed by atoms with Gasteiger partial charge in [0, 0.05) is 13.7 Å². The van der Waals surface area contributed by atoms with Gasteiger partial charge in [0.25, 0.3) is 5.91 Å². The second-order valence-electron chi connectivity index (χ2n) is 7.77. The van der Waals surface area contributed by atoms with Gasteiger partial charge in [-0.2, -0.15) is 0 Å². The van der Waals surface area contributed by atoms with E-state index in [0.717, 1.165) is 4.90 Å². The molecular formula is C20H29NO7. The number of hydrogen-bond donors (Lipinski definition) is 1. The molecule has 0 saturated carbocycles. The second-order valence-corrected chi connectivity index (χ2v) is 7.77. The van der Waals surface area contributed by atoms with E-state index >= 15 is 0 Å². The predicted octanol–water partition coefficient (Wildman–Crippen LogP) is 1.96. The van der Waals surface area contributed by atoms with Crippen LogP contribution in [0.25, 0.3) is 0 Å². The molecule has 156 valence electrons. The van der Waals surface area contributed by atoms with Crippen LogP contribution in [0.5, 0.6) is 0 Å². The Morgan fingerprint density at radius 2 is 2.04 bits per heavy atom. The number of cyclic esters (lactones) is 1. The Balaban J connectivity index is 2.27. The summed E-state index contributed by atoms with van der Waals surface area (Å²) in [5, 5.41) is 8.89. The lowest BCUT2D eigenvalue weighted by atomic mass is 9.88. The van der Waals surface area contributed by atoms with Crippen LogP contribution in [0.2, 0.25) is 0 Å². The molecule has 0 aromatic carbocycles. The van der Waals surface area contributed by atoms with Crippen molar-refractivity contribution in [2.75, 3.05) is 13.7 Å². The molecule has 2 amide bonds. The Morgan fingerprint density at radius 3 is 2.61 bits per heavy atom. The Bertz CT molecular complexity index is 680. The van der Waals surface area contributed by atoms with Crippen molar-refractivity contribution in [1.29, 1.82) is 0 Å². The Kier molecular flexibility index (Phi) is 7.01. The lowest BCUT2D eigenvalue weighted by Gasteiger charge is -2.34. The highest BCUT2D eigenvalue weighted by Crippen LogP contribution is 2.35. The summed E-state index contributed by atoms with van der Waals surface area (Å²) in [6.45, 7) is 7.32. The molecule has 8 nitrogen and oxygen atoms in total. The number of carbonyl (C=O) groups excluding carboxylic acids is 3. The van der Waals surface area contributed by atoms with Crippen LogP contribution in [0.3, 0.4) is 0 Å². The van der Waals surface area contributed by atoms with Gasteiger partial charge in [-0.05, 0) is 50.8 Å². The molecule has 3 unspecified atom stereocenters. The highest BCUT2D eigenvalue weighted by atomic mass is 16.6. The first kappa shape index (κ1) is 22.1. The van der Waals surface area contributed by atoms with Gasteiger partial charge in [-0.3, -0.25) is 9.59 Å². The summed E-state index contributed by atoms with van der Waals surface area (Å²) in [4.78, 5) is 39.0. The van der Waals surface area contributed by atoms with E-state index in [9.17, 15) is 14.4 Å². The number of ketones is 1. The Morgan fingerprint density at radius 1 is 1.36 bits per heavy atom. The molecule has 1 saturated heterocycles. The monoisotopic (exact) mass is 395 g/mol. The van der Waals surface area contributed by atoms with Crippen molar-refractivity contribution in [1.82, 2.24) is 4.90 Å². The van der Waals surface area contributed by atoms with Gasteiger partial charge in [0.05, 0.1) is 6.04 Å². The van der Waals surface area contributed by atoms with Gasteiger partial charge < -0.3 is 19.3 Å². The maximum atomic E-state index is 13.2. The van der Waals surface area contributed by atoms with E-state index < -0.39 is 41.6 Å². The van der Waals surface area contributed by atoms with Crippen LogP contribution in [0.1, 0.15) is 40.5 Å². The minimum Gasteiger partial charge on any atom is -0.479 e. The van der Waals surface area contributed by atoms with Gasteiger partial charge >= 0.3 is 6.09 Å². The summed E-state index contributed by atoms with van der Waals surface area (Å²) in [7, 11) is 1.30. The number of carbonyl (C=O) groups is 3. The van der Waals surface area contributed by atoms with Crippen molar-refractivity contribution in [2.24, 2.45) is 5.92 Å². The first-order valence-electron chi connectivity index (χ1n) is 9.42. The fourth-order valence-corrected chi connectivity index (χ4v) is 3.74. The number of nitrogens with zero attached hydrogens (tertiary/aromatic N) is 1. The van der Waals surface area contributed by atoms with E-state index in [-0.39, 0.29) is 12.5 Å². The van der Waals surface area contributed by atoms with E-state index in [1.54, 1.807) is 19.9 Å². The molecule has 1 N–H and O–H groups in total. The lowest BCUT2D eigenvalue weighted by Crippen LogP contribution is -2.55. The van der Waals surface area contributed by atoms with Crippen LogP contribution in [0.4, 0.5) is 4.79 Å². The topological polar surface area (TPSA) is 102 Å². The Labute approximate surface area is 165 Å². The summed E-state index contributed by atoms with van der Waals surface area (Å²) >= 11 is 0. The molecule has 2 heterocycles. The maximum absolute atomic E-state index is 13.2. The zero-order valence-electron chi connectivity index (χ0n) is 17.0. The molecule has 0 aromatic heterocycles. The molecule has 0 aliphatic carbocycles. The number of unbranched alkanes of at least 4 members (excludes halogenated alkanes) is 1. The quantitative estimate of drug-likeness (QED) is 0.658. The third kappa shape index (κ3) is 4.44. The number of amides is 2. The molecule has 2 aliphatic heterocycles. The van der Waals surface area contributed by atoms with Crippen LogP contribution in [-0.2, 0) is 23.8 Å². The summed E-state index contributed by atoms with van der Waals surface area (Å²) in [6, 6.07) is -0.501. The van der Waals surface area contributed by atoms with E-state index in [4.69, 9.17) is 19.3 Å². The molecule has 0 radical (unpaired) electrons. The average molecular weight is 395 g/mol. The number of rotatable bonds is 7. The second kappa shape index (κ2) is 8.87. The lowest BCUT2D eigenvalue weighted by molar-refractivity contribution is -0.154. The molecule has 0 aromatic rings. The van der Waals surface area contributed by atoms with Crippen molar-refractivity contribution < 1.29 is 33.7 Å². The summed E-state index contributed by atoms with van der Waals surface area (Å²) in [6.07, 6.45) is 2.43. The van der Waals surface area contributed by atoms with Crippen LogP contribution >= 0.6 is 0 Å². The normalized spacial score (nSPS) is 26.5. The van der Waals surface area contributed by atoms with Crippen molar-refractivity contribution in [3.05, 3.63) is 24.0 Å². The van der Waals surface area contributed by atoms with E-state index in [2.05, 4.69) is 0 Å². The molecule has 2 aliphatic rings. The number of ether oxygens (including phenoxy) is 3. The minimum atomic E-state index is -1.29. The molecule has 2 rings (SSSR count). The smallest absolute Gasteiger partial charge is 0.417 e. The van der Waals surface area contributed by atoms with Crippen LogP contribution in [0, 0.1) is 5.92 Å². The fourth-order valence-electron chi connectivity index (χ4n) is 3.74. The molecular weight excluding hydrogens is 366 g/mol. The zero-order valence-corrected chi connectivity index (χ0v) is 17.0. The number of aliphatic hydroxyl groups excluding tert-OH is 1. The highest BCUT2D eigenvalue weighted by molar-refractivity contribution is 6.03. The summed E-state index contributed by atoms with van der Waals surface area (Å²) < 4.78 is 16.4. The minimum absolute atomic E-state index is 0.0402. The number of hydrogen-bond acceptors (Lipinski definition) is 7. The van der Waals surface area contributed by atoms with Crippen LogP contribution < -0.4 is 0 Å². The standard InChI is InChI=1S/C20H29NO7/c1-12(2)17-20(3,4)28-19(25)21(17)18(24)16(26-5)15-14(23)10-9-13(27-15)8-6-7-11-22/h8-10,12,15-17,22H,6-7,11H2,1-5H3. The molecule has 0 bridgehead atoms. The van der Waals surface area contributed by atoms with Crippen molar-refractivity contribution in [3.63, 3.8) is 0 Å². The number of allylic oxidation sites excluding steroid dienone is 2. The predicted molar refractivity (Wildman–Crippen MR) is 100 cm³/mol. The Hall–Kier alpha value is -2.19. The maximum Gasteiger partial charge on any atom is 0.417 e. The SMILES string of the molecule is COC(C(=O)N1C(=O)OC(C)(C)C1C(C)C)C1OC(=CCCCO)C=CC1=O. The van der Waals surface area contributed by atoms with Gasteiger partial charge in [-0.1, -0.05) is 13.8 Å². The molecule has 0 spiro atoms. The number of methoxy groups -OCH3 is 1.